The Morgan fingerprint density at radius 2 is 2.31 bits per heavy atom. The molecule has 0 aliphatic carbocycles. The lowest BCUT2D eigenvalue weighted by Crippen LogP contribution is -2.20. The SMILES string of the molecule is NC1=NN(Cc2ccc(F)cc2Cl)C(=O)C1. The van der Waals surface area contributed by atoms with Crippen molar-refractivity contribution in [3.8, 4) is 0 Å². The second kappa shape index (κ2) is 4.09. The Bertz CT molecular complexity index is 475. The normalized spacial score (nSPS) is 15.5. The summed E-state index contributed by atoms with van der Waals surface area (Å²) in [4.78, 5) is 11.4. The Kier molecular flexibility index (Phi) is 2.78. The van der Waals surface area contributed by atoms with Crippen molar-refractivity contribution in [1.82, 2.24) is 5.01 Å². The van der Waals surface area contributed by atoms with Crippen molar-refractivity contribution in [2.45, 2.75) is 13.0 Å². The van der Waals surface area contributed by atoms with E-state index < -0.39 is 5.82 Å². The Labute approximate surface area is 96.5 Å². The molecule has 0 saturated heterocycles. The van der Waals surface area contributed by atoms with Gasteiger partial charge in [0.05, 0.1) is 13.0 Å². The number of benzene rings is 1. The maximum absolute atomic E-state index is 12.8. The number of nitrogens with two attached hydrogens (primary N) is 1. The van der Waals surface area contributed by atoms with Crippen LogP contribution in [0.25, 0.3) is 0 Å². The van der Waals surface area contributed by atoms with E-state index in [4.69, 9.17) is 17.3 Å². The van der Waals surface area contributed by atoms with Gasteiger partial charge in [0.2, 0.25) is 0 Å². The van der Waals surface area contributed by atoms with Crippen LogP contribution in [0.2, 0.25) is 5.02 Å². The third-order valence-corrected chi connectivity index (χ3v) is 2.56. The van der Waals surface area contributed by atoms with E-state index in [1.807, 2.05) is 0 Å². The molecule has 0 radical (unpaired) electrons. The van der Waals surface area contributed by atoms with E-state index in [0.29, 0.717) is 5.56 Å². The monoisotopic (exact) mass is 241 g/mol. The zero-order valence-electron chi connectivity index (χ0n) is 8.28. The minimum absolute atomic E-state index is 0.124. The summed E-state index contributed by atoms with van der Waals surface area (Å²) >= 11 is 5.83. The van der Waals surface area contributed by atoms with Crippen molar-refractivity contribution in [2.24, 2.45) is 10.8 Å². The number of nitrogens with zero attached hydrogens (tertiary/aromatic N) is 2. The van der Waals surface area contributed by atoms with Crippen LogP contribution in [0.1, 0.15) is 12.0 Å². The molecule has 6 heteroatoms. The molecule has 2 N–H and O–H groups in total. The molecule has 84 valence electrons. The molecular weight excluding hydrogens is 233 g/mol. The van der Waals surface area contributed by atoms with Crippen LogP contribution in [0, 0.1) is 5.82 Å². The van der Waals surface area contributed by atoms with Crippen LogP contribution in [-0.4, -0.2) is 16.8 Å². The molecule has 1 aliphatic rings. The first-order valence-electron chi connectivity index (χ1n) is 4.63. The largest absolute Gasteiger partial charge is 0.385 e. The first kappa shape index (κ1) is 10.9. The summed E-state index contributed by atoms with van der Waals surface area (Å²) < 4.78 is 12.8. The molecule has 1 aliphatic heterocycles. The topological polar surface area (TPSA) is 58.7 Å². The lowest BCUT2D eigenvalue weighted by atomic mass is 10.2. The third kappa shape index (κ3) is 2.14. The Morgan fingerprint density at radius 1 is 1.56 bits per heavy atom. The minimum atomic E-state index is -0.412. The first-order chi connectivity index (χ1) is 7.56. The van der Waals surface area contributed by atoms with Gasteiger partial charge in [0.15, 0.2) is 0 Å². The van der Waals surface area contributed by atoms with Crippen LogP contribution in [0.5, 0.6) is 0 Å². The zero-order chi connectivity index (χ0) is 11.7. The molecule has 4 nitrogen and oxygen atoms in total. The van der Waals surface area contributed by atoms with Gasteiger partial charge in [0.25, 0.3) is 5.91 Å². The number of hydrogen-bond acceptors (Lipinski definition) is 3. The summed E-state index contributed by atoms with van der Waals surface area (Å²) in [5.74, 6) is -0.314. The second-order valence-corrected chi connectivity index (χ2v) is 3.86. The summed E-state index contributed by atoms with van der Waals surface area (Å²) in [6.07, 6.45) is 0.124. The number of halogens is 2. The van der Waals surface area contributed by atoms with Gasteiger partial charge in [-0.3, -0.25) is 4.79 Å². The van der Waals surface area contributed by atoms with Crippen LogP contribution in [-0.2, 0) is 11.3 Å². The standard InChI is InChI=1S/C10H9ClFN3O/c11-8-3-7(12)2-1-6(8)5-15-10(16)4-9(13)14-15/h1-3H,4-5H2,(H2,13,14). The van der Waals surface area contributed by atoms with Crippen LogP contribution in [0.3, 0.4) is 0 Å². The zero-order valence-corrected chi connectivity index (χ0v) is 9.04. The van der Waals surface area contributed by atoms with Gasteiger partial charge < -0.3 is 5.73 Å². The van der Waals surface area contributed by atoms with Crippen molar-refractivity contribution >= 4 is 23.3 Å². The summed E-state index contributed by atoms with van der Waals surface area (Å²) in [5, 5.41) is 5.36. The maximum Gasteiger partial charge on any atom is 0.250 e. The molecular formula is C10H9ClFN3O. The fourth-order valence-electron chi connectivity index (χ4n) is 1.43. The highest BCUT2D eigenvalue weighted by Gasteiger charge is 2.22. The predicted molar refractivity (Wildman–Crippen MR) is 58.2 cm³/mol. The highest BCUT2D eigenvalue weighted by atomic mass is 35.5. The first-order valence-corrected chi connectivity index (χ1v) is 5.01. The van der Waals surface area contributed by atoms with E-state index in [1.165, 1.54) is 23.2 Å². The van der Waals surface area contributed by atoms with Crippen LogP contribution in [0.4, 0.5) is 4.39 Å². The highest BCUT2D eigenvalue weighted by molar-refractivity contribution is 6.31. The average molecular weight is 242 g/mol. The van der Waals surface area contributed by atoms with E-state index in [-0.39, 0.29) is 29.7 Å². The number of hydrogen-bond donors (Lipinski definition) is 1. The van der Waals surface area contributed by atoms with Gasteiger partial charge in [-0.25, -0.2) is 9.40 Å². The molecule has 2 rings (SSSR count). The summed E-state index contributed by atoms with van der Waals surface area (Å²) in [6.45, 7) is 0.207. The van der Waals surface area contributed by atoms with Gasteiger partial charge in [-0.2, -0.15) is 5.10 Å². The van der Waals surface area contributed by atoms with Gasteiger partial charge in [-0.05, 0) is 17.7 Å². The fourth-order valence-corrected chi connectivity index (χ4v) is 1.65. The predicted octanol–water partition coefficient (Wildman–Crippen LogP) is 1.48. The van der Waals surface area contributed by atoms with Crippen molar-refractivity contribution in [2.75, 3.05) is 0 Å². The lowest BCUT2D eigenvalue weighted by Gasteiger charge is -2.12. The quantitative estimate of drug-likeness (QED) is 0.853. The van der Waals surface area contributed by atoms with E-state index >= 15 is 0 Å². The van der Waals surface area contributed by atoms with E-state index in [2.05, 4.69) is 5.10 Å². The van der Waals surface area contributed by atoms with Gasteiger partial charge in [0.1, 0.15) is 11.7 Å². The summed E-state index contributed by atoms with van der Waals surface area (Å²) in [6, 6.07) is 4.01. The van der Waals surface area contributed by atoms with Gasteiger partial charge >= 0.3 is 0 Å². The van der Waals surface area contributed by atoms with Crippen molar-refractivity contribution in [1.29, 1.82) is 0 Å². The van der Waals surface area contributed by atoms with Crippen molar-refractivity contribution in [3.63, 3.8) is 0 Å². The number of hydrazone groups is 1. The molecule has 0 aromatic heterocycles. The number of rotatable bonds is 2. The molecule has 16 heavy (non-hydrogen) atoms. The van der Waals surface area contributed by atoms with E-state index in [1.54, 1.807) is 0 Å². The molecule has 0 unspecified atom stereocenters. The Morgan fingerprint density at radius 3 is 2.88 bits per heavy atom. The van der Waals surface area contributed by atoms with Gasteiger partial charge in [0, 0.05) is 5.02 Å². The molecule has 0 spiro atoms. The molecule has 1 aromatic carbocycles. The number of amides is 1. The molecule has 1 aromatic rings. The molecule has 0 atom stereocenters. The van der Waals surface area contributed by atoms with Crippen LogP contribution < -0.4 is 5.73 Å². The third-order valence-electron chi connectivity index (χ3n) is 2.20. The maximum atomic E-state index is 12.8. The summed E-state index contributed by atoms with van der Waals surface area (Å²) in [5.41, 5.74) is 6.06. The van der Waals surface area contributed by atoms with Gasteiger partial charge in [-0.1, -0.05) is 17.7 Å². The highest BCUT2D eigenvalue weighted by Crippen LogP contribution is 2.20. The van der Waals surface area contributed by atoms with Crippen molar-refractivity contribution in [3.05, 3.63) is 34.6 Å². The number of carbonyl (C=O) groups excluding carboxylic acids is 1. The second-order valence-electron chi connectivity index (χ2n) is 3.46. The molecule has 0 saturated carbocycles. The van der Waals surface area contributed by atoms with Crippen LogP contribution >= 0.6 is 11.6 Å². The fraction of sp³-hybridized carbons (Fsp3) is 0.200. The lowest BCUT2D eigenvalue weighted by molar-refractivity contribution is -0.129. The number of amidine groups is 1. The summed E-state index contributed by atoms with van der Waals surface area (Å²) in [7, 11) is 0. The Balaban J connectivity index is 2.18. The molecule has 0 fully saturated rings. The molecule has 1 heterocycles. The minimum Gasteiger partial charge on any atom is -0.385 e. The molecule has 1 amide bonds. The van der Waals surface area contributed by atoms with E-state index in [0.717, 1.165) is 0 Å². The Hall–Kier alpha value is -1.62. The smallest absolute Gasteiger partial charge is 0.250 e. The van der Waals surface area contributed by atoms with Gasteiger partial charge in [-0.15, -0.1) is 0 Å². The van der Waals surface area contributed by atoms with Crippen LogP contribution in [0.15, 0.2) is 23.3 Å². The average Bonchev–Trinajstić information content (AvgIpc) is 2.50. The molecule has 0 bridgehead atoms. The van der Waals surface area contributed by atoms with Crippen molar-refractivity contribution < 1.29 is 9.18 Å². The van der Waals surface area contributed by atoms with E-state index in [9.17, 15) is 9.18 Å². The number of carbonyl (C=O) groups is 1.